The Labute approximate surface area is 191 Å². The van der Waals surface area contributed by atoms with Gasteiger partial charge in [-0.15, -0.1) is 0 Å². The third-order valence-electron chi connectivity index (χ3n) is 5.27. The first-order chi connectivity index (χ1) is 14.8. The minimum atomic E-state index is -0.768. The van der Waals surface area contributed by atoms with Gasteiger partial charge in [0.15, 0.2) is 11.2 Å². The molecule has 0 aliphatic heterocycles. The fourth-order valence-corrected chi connectivity index (χ4v) is 3.66. The SMILES string of the molecule is CC(Cc1ccccc1)Nc1nc2c(c(=O)n(C)c(=O)n2C)n1CC(O)C[NH2+]CCO.[Cl-]. The molecule has 2 heterocycles. The van der Waals surface area contributed by atoms with Crippen LogP contribution in [0.4, 0.5) is 5.95 Å². The lowest BCUT2D eigenvalue weighted by Crippen LogP contribution is -3.00. The van der Waals surface area contributed by atoms with Crippen LogP contribution in [0.2, 0.25) is 0 Å². The molecule has 0 spiro atoms. The van der Waals surface area contributed by atoms with E-state index in [9.17, 15) is 14.7 Å². The third-order valence-corrected chi connectivity index (χ3v) is 5.27. The first kappa shape index (κ1) is 25.6. The fourth-order valence-electron chi connectivity index (χ4n) is 3.66. The van der Waals surface area contributed by atoms with Crippen LogP contribution < -0.4 is 34.3 Å². The van der Waals surface area contributed by atoms with E-state index >= 15 is 0 Å². The zero-order chi connectivity index (χ0) is 22.5. The lowest BCUT2D eigenvalue weighted by atomic mass is 10.1. The van der Waals surface area contributed by atoms with Crippen molar-refractivity contribution in [1.29, 1.82) is 0 Å². The maximum absolute atomic E-state index is 12.9. The molecule has 3 rings (SSSR count). The number of fused-ring (bicyclic) bond motifs is 1. The molecule has 0 aliphatic carbocycles. The van der Waals surface area contributed by atoms with Crippen molar-refractivity contribution in [3.63, 3.8) is 0 Å². The monoisotopic (exact) mass is 466 g/mol. The summed E-state index contributed by atoms with van der Waals surface area (Å²) < 4.78 is 4.03. The van der Waals surface area contributed by atoms with E-state index in [1.165, 1.54) is 11.6 Å². The Balaban J connectivity index is 0.00000363. The summed E-state index contributed by atoms with van der Waals surface area (Å²) in [6.07, 6.45) is -0.0238. The predicted octanol–water partition coefficient (Wildman–Crippen LogP) is -4.60. The van der Waals surface area contributed by atoms with Gasteiger partial charge in [0.05, 0.1) is 19.7 Å². The van der Waals surface area contributed by atoms with Gasteiger partial charge in [-0.3, -0.25) is 13.9 Å². The number of nitrogens with zero attached hydrogens (tertiary/aromatic N) is 4. The van der Waals surface area contributed by atoms with Crippen molar-refractivity contribution < 1.29 is 27.9 Å². The highest BCUT2D eigenvalue weighted by molar-refractivity contribution is 5.74. The highest BCUT2D eigenvalue weighted by atomic mass is 35.5. The molecule has 32 heavy (non-hydrogen) atoms. The smallest absolute Gasteiger partial charge is 0.332 e. The summed E-state index contributed by atoms with van der Waals surface area (Å²) in [7, 11) is 3.00. The van der Waals surface area contributed by atoms with Crippen molar-refractivity contribution in [2.45, 2.75) is 32.0 Å². The number of imidazole rings is 1. The van der Waals surface area contributed by atoms with Crippen molar-refractivity contribution in [2.75, 3.05) is 25.0 Å². The van der Waals surface area contributed by atoms with Gasteiger partial charge in [0.2, 0.25) is 5.95 Å². The molecule has 2 atom stereocenters. The number of anilines is 1. The van der Waals surface area contributed by atoms with Crippen molar-refractivity contribution in [2.24, 2.45) is 14.1 Å². The molecule has 0 bridgehead atoms. The average molecular weight is 467 g/mol. The maximum atomic E-state index is 12.9. The lowest BCUT2D eigenvalue weighted by molar-refractivity contribution is -0.662. The van der Waals surface area contributed by atoms with Crippen LogP contribution in [0.5, 0.6) is 0 Å². The van der Waals surface area contributed by atoms with Crippen LogP contribution in [0.25, 0.3) is 11.2 Å². The van der Waals surface area contributed by atoms with Crippen molar-refractivity contribution in [3.05, 3.63) is 56.7 Å². The molecular formula is C21H31ClN6O4. The van der Waals surface area contributed by atoms with Gasteiger partial charge in [-0.05, 0) is 18.9 Å². The van der Waals surface area contributed by atoms with Gasteiger partial charge in [0.1, 0.15) is 12.6 Å². The summed E-state index contributed by atoms with van der Waals surface area (Å²) in [6.45, 7) is 3.02. The van der Waals surface area contributed by atoms with E-state index in [-0.39, 0.29) is 42.8 Å². The van der Waals surface area contributed by atoms with E-state index in [0.717, 1.165) is 16.6 Å². The lowest BCUT2D eigenvalue weighted by Gasteiger charge is -2.18. The van der Waals surface area contributed by atoms with Crippen LogP contribution in [0.15, 0.2) is 39.9 Å². The first-order valence-electron chi connectivity index (χ1n) is 10.4. The number of rotatable bonds is 10. The molecule has 1 aromatic carbocycles. The number of aliphatic hydroxyl groups is 2. The summed E-state index contributed by atoms with van der Waals surface area (Å²) in [4.78, 5) is 29.8. The van der Waals surface area contributed by atoms with Gasteiger partial charge in [-0.25, -0.2) is 4.79 Å². The number of aromatic nitrogens is 4. The largest absolute Gasteiger partial charge is 1.00 e. The predicted molar refractivity (Wildman–Crippen MR) is 118 cm³/mol. The quantitative estimate of drug-likeness (QED) is 0.222. The summed E-state index contributed by atoms with van der Waals surface area (Å²) in [5.74, 6) is 0.429. The molecular weight excluding hydrogens is 436 g/mol. The zero-order valence-corrected chi connectivity index (χ0v) is 19.3. The second-order valence-electron chi connectivity index (χ2n) is 7.85. The number of halogens is 1. The minimum Gasteiger partial charge on any atom is -1.00 e. The Morgan fingerprint density at radius 3 is 2.50 bits per heavy atom. The molecule has 0 saturated heterocycles. The van der Waals surface area contributed by atoms with Gasteiger partial charge in [-0.1, -0.05) is 30.3 Å². The van der Waals surface area contributed by atoms with Gasteiger partial charge in [-0.2, -0.15) is 4.98 Å². The maximum Gasteiger partial charge on any atom is 0.332 e. The van der Waals surface area contributed by atoms with Crippen LogP contribution in [-0.4, -0.2) is 60.7 Å². The number of aliphatic hydroxyl groups excluding tert-OH is 2. The second kappa shape index (κ2) is 11.3. The molecule has 0 fully saturated rings. The Morgan fingerprint density at radius 2 is 1.84 bits per heavy atom. The Hall–Kier alpha value is -2.66. The van der Waals surface area contributed by atoms with E-state index in [2.05, 4.69) is 10.3 Å². The molecule has 0 saturated carbocycles. The molecule has 0 radical (unpaired) electrons. The van der Waals surface area contributed by atoms with Gasteiger partial charge < -0.3 is 37.8 Å². The minimum absolute atomic E-state index is 0. The number of benzene rings is 1. The van der Waals surface area contributed by atoms with Crippen molar-refractivity contribution >= 4 is 17.1 Å². The fraction of sp³-hybridized carbons (Fsp3) is 0.476. The van der Waals surface area contributed by atoms with Gasteiger partial charge >= 0.3 is 5.69 Å². The van der Waals surface area contributed by atoms with Crippen LogP contribution in [0.3, 0.4) is 0 Å². The average Bonchev–Trinajstić information content (AvgIpc) is 3.09. The molecule has 0 amide bonds. The Kier molecular flexibility index (Phi) is 9.02. The Bertz CT molecular complexity index is 1140. The molecule has 3 aromatic rings. The number of quaternary nitrogens is 1. The standard InChI is InChI=1S/C21H30N6O4.ClH/c1-14(11-15-7-5-4-6-8-15)23-20-24-18-17(19(30)26(3)21(31)25(18)2)27(20)13-16(29)12-22-9-10-28;/h4-8,14,16,22,28-29H,9-13H2,1-3H3,(H,23,24);1H. The Morgan fingerprint density at radius 1 is 1.16 bits per heavy atom. The third kappa shape index (κ3) is 5.57. The van der Waals surface area contributed by atoms with Crippen LogP contribution >= 0.6 is 0 Å². The van der Waals surface area contributed by atoms with Crippen molar-refractivity contribution in [1.82, 2.24) is 18.7 Å². The molecule has 176 valence electrons. The number of hydrogen-bond acceptors (Lipinski definition) is 6. The van der Waals surface area contributed by atoms with Crippen LogP contribution in [0.1, 0.15) is 12.5 Å². The summed E-state index contributed by atoms with van der Waals surface area (Å²) >= 11 is 0. The highest BCUT2D eigenvalue weighted by Gasteiger charge is 2.22. The summed E-state index contributed by atoms with van der Waals surface area (Å²) in [6, 6.07) is 10.0. The highest BCUT2D eigenvalue weighted by Crippen LogP contribution is 2.18. The number of aryl methyl sites for hydroxylation is 1. The molecule has 2 aromatic heterocycles. The first-order valence-corrected chi connectivity index (χ1v) is 10.4. The van der Waals surface area contributed by atoms with Crippen molar-refractivity contribution in [3.8, 4) is 0 Å². The van der Waals surface area contributed by atoms with E-state index in [1.807, 2.05) is 42.6 Å². The van der Waals surface area contributed by atoms with Crippen LogP contribution in [-0.2, 0) is 27.1 Å². The summed E-state index contributed by atoms with van der Waals surface area (Å²) in [5, 5.41) is 24.6. The second-order valence-corrected chi connectivity index (χ2v) is 7.85. The number of hydrogen-bond donors (Lipinski definition) is 4. The van der Waals surface area contributed by atoms with Gasteiger partial charge in [0, 0.05) is 20.1 Å². The van der Waals surface area contributed by atoms with E-state index in [4.69, 9.17) is 5.11 Å². The zero-order valence-electron chi connectivity index (χ0n) is 18.5. The van der Waals surface area contributed by atoms with Gasteiger partial charge in [0.25, 0.3) is 5.56 Å². The molecule has 2 unspecified atom stereocenters. The van der Waals surface area contributed by atoms with E-state index in [1.54, 1.807) is 11.6 Å². The number of nitrogens with one attached hydrogen (secondary N) is 1. The molecule has 11 heteroatoms. The number of nitrogens with two attached hydrogens (primary N) is 1. The molecule has 10 nitrogen and oxygen atoms in total. The molecule has 5 N–H and O–H groups in total. The van der Waals surface area contributed by atoms with Crippen LogP contribution in [0, 0.1) is 0 Å². The summed E-state index contributed by atoms with van der Waals surface area (Å²) in [5.41, 5.74) is 0.783. The van der Waals surface area contributed by atoms with E-state index < -0.39 is 17.4 Å². The normalized spacial score (nSPS) is 13.0. The van der Waals surface area contributed by atoms with E-state index in [0.29, 0.717) is 19.0 Å². The topological polar surface area (TPSA) is 131 Å². The molecule has 0 aliphatic rings.